The number of para-hydroxylation sites is 1. The third-order valence-corrected chi connectivity index (χ3v) is 2.94. The summed E-state index contributed by atoms with van der Waals surface area (Å²) < 4.78 is 5.45. The molecule has 1 aliphatic rings. The van der Waals surface area contributed by atoms with Crippen LogP contribution in [0.4, 0.5) is 5.69 Å². The summed E-state index contributed by atoms with van der Waals surface area (Å²) in [4.78, 5) is 12.1. The number of carbonyl (C=O) groups is 1. The quantitative estimate of drug-likeness (QED) is 0.605. The highest BCUT2D eigenvalue weighted by Crippen LogP contribution is 2.34. The van der Waals surface area contributed by atoms with Crippen molar-refractivity contribution in [1.82, 2.24) is 0 Å². The number of allylic oxidation sites excluding steroid dienone is 1. The zero-order chi connectivity index (χ0) is 13.4. The number of benzene rings is 2. The van der Waals surface area contributed by atoms with Crippen molar-refractivity contribution < 1.29 is 14.6 Å². The molecular weight excluding hydrogens is 242 g/mol. The fourth-order valence-electron chi connectivity index (χ4n) is 1.96. The number of ketones is 1. The normalized spacial score (nSPS) is 15.4. The van der Waals surface area contributed by atoms with Gasteiger partial charge in [0.1, 0.15) is 11.5 Å². The molecular formula is C15H11NO3. The van der Waals surface area contributed by atoms with Crippen LogP contribution in [0.3, 0.4) is 0 Å². The van der Waals surface area contributed by atoms with Crippen molar-refractivity contribution in [2.45, 2.75) is 0 Å². The lowest BCUT2D eigenvalue weighted by atomic mass is 10.1. The third-order valence-electron chi connectivity index (χ3n) is 2.94. The lowest BCUT2D eigenvalue weighted by molar-refractivity contribution is 0.101. The topological polar surface area (TPSA) is 72.6 Å². The van der Waals surface area contributed by atoms with Gasteiger partial charge in [0.2, 0.25) is 5.78 Å². The number of fused-ring (bicyclic) bond motifs is 1. The summed E-state index contributed by atoms with van der Waals surface area (Å²) >= 11 is 0. The van der Waals surface area contributed by atoms with Crippen LogP contribution in [-0.4, -0.2) is 10.9 Å². The maximum atomic E-state index is 12.1. The van der Waals surface area contributed by atoms with E-state index >= 15 is 0 Å². The van der Waals surface area contributed by atoms with Gasteiger partial charge in [0.25, 0.3) is 0 Å². The minimum atomic E-state index is -0.210. The second kappa shape index (κ2) is 4.17. The van der Waals surface area contributed by atoms with Crippen molar-refractivity contribution in [3.8, 4) is 11.5 Å². The van der Waals surface area contributed by atoms with E-state index in [9.17, 15) is 9.90 Å². The van der Waals surface area contributed by atoms with Gasteiger partial charge in [-0.2, -0.15) is 0 Å². The van der Waals surface area contributed by atoms with Gasteiger partial charge in [-0.3, -0.25) is 4.79 Å². The van der Waals surface area contributed by atoms with Gasteiger partial charge in [0.15, 0.2) is 5.76 Å². The zero-order valence-electron chi connectivity index (χ0n) is 9.96. The van der Waals surface area contributed by atoms with Gasteiger partial charge in [-0.05, 0) is 24.3 Å². The van der Waals surface area contributed by atoms with E-state index < -0.39 is 0 Å². The molecule has 94 valence electrons. The standard InChI is InChI=1S/C15H11NO3/c16-12-4-2-1-3-9(12)7-14-15(18)11-6-5-10(17)8-13(11)19-14/h1-8,17H,16H2/b14-7-. The van der Waals surface area contributed by atoms with E-state index in [0.717, 1.165) is 5.56 Å². The van der Waals surface area contributed by atoms with Crippen LogP contribution in [0.15, 0.2) is 48.2 Å². The molecule has 0 spiro atoms. The predicted octanol–water partition coefficient (Wildman–Crippen LogP) is 2.59. The molecule has 0 amide bonds. The Morgan fingerprint density at radius 1 is 1.16 bits per heavy atom. The molecule has 0 atom stereocenters. The van der Waals surface area contributed by atoms with Gasteiger partial charge in [0, 0.05) is 17.3 Å². The molecule has 0 radical (unpaired) electrons. The van der Waals surface area contributed by atoms with E-state index in [4.69, 9.17) is 10.5 Å². The SMILES string of the molecule is Nc1ccccc1/C=C1\Oc2cc(O)ccc2C1=O. The summed E-state index contributed by atoms with van der Waals surface area (Å²) in [6, 6.07) is 11.6. The van der Waals surface area contributed by atoms with Gasteiger partial charge in [0.05, 0.1) is 5.56 Å². The Balaban J connectivity index is 2.02. The average Bonchev–Trinajstić information content (AvgIpc) is 2.68. The highest BCUT2D eigenvalue weighted by atomic mass is 16.5. The van der Waals surface area contributed by atoms with Gasteiger partial charge >= 0.3 is 0 Å². The summed E-state index contributed by atoms with van der Waals surface area (Å²) in [6.45, 7) is 0. The Morgan fingerprint density at radius 3 is 2.74 bits per heavy atom. The zero-order valence-corrected chi connectivity index (χ0v) is 9.96. The molecule has 3 N–H and O–H groups in total. The minimum absolute atomic E-state index is 0.0621. The van der Waals surface area contributed by atoms with E-state index in [1.807, 2.05) is 12.1 Å². The van der Waals surface area contributed by atoms with Gasteiger partial charge in [-0.1, -0.05) is 18.2 Å². The summed E-state index contributed by atoms with van der Waals surface area (Å²) in [7, 11) is 0. The number of carbonyl (C=O) groups excluding carboxylic acids is 1. The van der Waals surface area contributed by atoms with Crippen molar-refractivity contribution in [2.24, 2.45) is 0 Å². The van der Waals surface area contributed by atoms with Crippen LogP contribution >= 0.6 is 0 Å². The van der Waals surface area contributed by atoms with E-state index in [0.29, 0.717) is 17.0 Å². The van der Waals surface area contributed by atoms with Crippen molar-refractivity contribution in [3.63, 3.8) is 0 Å². The molecule has 0 bridgehead atoms. The number of phenolic OH excluding ortho intramolecular Hbond substituents is 1. The maximum Gasteiger partial charge on any atom is 0.231 e. The minimum Gasteiger partial charge on any atom is -0.508 e. The number of aromatic hydroxyl groups is 1. The highest BCUT2D eigenvalue weighted by molar-refractivity contribution is 6.14. The molecule has 1 heterocycles. The molecule has 0 unspecified atom stereocenters. The van der Waals surface area contributed by atoms with Crippen LogP contribution in [0.2, 0.25) is 0 Å². The average molecular weight is 253 g/mol. The largest absolute Gasteiger partial charge is 0.508 e. The van der Waals surface area contributed by atoms with Crippen LogP contribution in [0.5, 0.6) is 11.5 Å². The maximum absolute atomic E-state index is 12.1. The number of phenols is 1. The van der Waals surface area contributed by atoms with E-state index in [2.05, 4.69) is 0 Å². The van der Waals surface area contributed by atoms with Crippen molar-refractivity contribution in [3.05, 3.63) is 59.4 Å². The van der Waals surface area contributed by atoms with Crippen LogP contribution in [0.1, 0.15) is 15.9 Å². The van der Waals surface area contributed by atoms with E-state index in [1.165, 1.54) is 12.1 Å². The molecule has 2 aromatic rings. The second-order valence-corrected chi connectivity index (χ2v) is 4.25. The fraction of sp³-hybridized carbons (Fsp3) is 0. The lowest BCUT2D eigenvalue weighted by Crippen LogP contribution is -1.99. The molecule has 2 aromatic carbocycles. The summed E-state index contributed by atoms with van der Waals surface area (Å²) in [5.74, 6) is 0.425. The predicted molar refractivity (Wildman–Crippen MR) is 71.9 cm³/mol. The van der Waals surface area contributed by atoms with Gasteiger partial charge in [-0.15, -0.1) is 0 Å². The summed E-state index contributed by atoms with van der Waals surface area (Å²) in [5, 5.41) is 9.37. The Kier molecular flexibility index (Phi) is 2.49. The van der Waals surface area contributed by atoms with Gasteiger partial charge < -0.3 is 15.6 Å². The van der Waals surface area contributed by atoms with Crippen LogP contribution in [-0.2, 0) is 0 Å². The fourth-order valence-corrected chi connectivity index (χ4v) is 1.96. The lowest BCUT2D eigenvalue weighted by Gasteiger charge is -2.01. The second-order valence-electron chi connectivity index (χ2n) is 4.25. The number of ether oxygens (including phenoxy) is 1. The number of hydrogen-bond acceptors (Lipinski definition) is 4. The number of hydrogen-bond donors (Lipinski definition) is 2. The smallest absolute Gasteiger partial charge is 0.231 e. The Labute approximate surface area is 109 Å². The number of nitrogen functional groups attached to an aromatic ring is 1. The van der Waals surface area contributed by atoms with Crippen molar-refractivity contribution in [2.75, 3.05) is 5.73 Å². The van der Waals surface area contributed by atoms with Crippen molar-refractivity contribution >= 4 is 17.5 Å². The molecule has 0 aliphatic carbocycles. The van der Waals surface area contributed by atoms with Crippen LogP contribution in [0.25, 0.3) is 6.08 Å². The highest BCUT2D eigenvalue weighted by Gasteiger charge is 2.27. The van der Waals surface area contributed by atoms with Crippen molar-refractivity contribution in [1.29, 1.82) is 0 Å². The van der Waals surface area contributed by atoms with E-state index in [-0.39, 0.29) is 17.3 Å². The molecule has 4 nitrogen and oxygen atoms in total. The first-order chi connectivity index (χ1) is 9.15. The molecule has 0 fully saturated rings. The Hall–Kier alpha value is -2.75. The molecule has 3 rings (SSSR count). The number of rotatable bonds is 1. The van der Waals surface area contributed by atoms with Crippen LogP contribution < -0.4 is 10.5 Å². The first kappa shape index (κ1) is 11.3. The summed E-state index contributed by atoms with van der Waals surface area (Å²) in [6.07, 6.45) is 1.61. The monoisotopic (exact) mass is 253 g/mol. The molecule has 1 aliphatic heterocycles. The molecule has 19 heavy (non-hydrogen) atoms. The number of anilines is 1. The number of Topliss-reactive ketones (excluding diaryl/α,β-unsaturated/α-hetero) is 1. The Bertz CT molecular complexity index is 704. The van der Waals surface area contributed by atoms with Crippen LogP contribution in [0, 0.1) is 0 Å². The Morgan fingerprint density at radius 2 is 1.95 bits per heavy atom. The molecule has 0 saturated heterocycles. The number of nitrogens with two attached hydrogens (primary N) is 1. The molecule has 0 saturated carbocycles. The first-order valence-corrected chi connectivity index (χ1v) is 5.77. The third kappa shape index (κ3) is 1.93. The molecule has 4 heteroatoms. The van der Waals surface area contributed by atoms with Gasteiger partial charge in [-0.25, -0.2) is 0 Å². The summed E-state index contributed by atoms with van der Waals surface area (Å²) in [5.41, 5.74) is 7.56. The van der Waals surface area contributed by atoms with E-state index in [1.54, 1.807) is 24.3 Å². The first-order valence-electron chi connectivity index (χ1n) is 5.77. The molecule has 0 aromatic heterocycles.